The first-order valence-electron chi connectivity index (χ1n) is 6.75. The highest BCUT2D eigenvalue weighted by Gasteiger charge is 2.03. The van der Waals surface area contributed by atoms with E-state index in [0.717, 1.165) is 35.3 Å². The number of nitrogens with one attached hydrogen (secondary N) is 1. The van der Waals surface area contributed by atoms with Crippen LogP contribution in [0.3, 0.4) is 0 Å². The molecule has 0 bridgehead atoms. The van der Waals surface area contributed by atoms with Gasteiger partial charge in [0.2, 0.25) is 0 Å². The fourth-order valence-electron chi connectivity index (χ4n) is 1.61. The van der Waals surface area contributed by atoms with Gasteiger partial charge in [-0.2, -0.15) is 0 Å². The van der Waals surface area contributed by atoms with Crippen LogP contribution in [0, 0.1) is 5.92 Å². The third kappa shape index (κ3) is 6.79. The van der Waals surface area contributed by atoms with Crippen molar-refractivity contribution in [3.05, 3.63) is 40.4 Å². The first-order valence-corrected chi connectivity index (χ1v) is 7.54. The second-order valence-electron chi connectivity index (χ2n) is 5.33. The molecule has 0 amide bonds. The van der Waals surface area contributed by atoms with Crippen LogP contribution in [0.1, 0.15) is 32.8 Å². The predicted octanol–water partition coefficient (Wildman–Crippen LogP) is 4.54. The lowest BCUT2D eigenvalue weighted by Gasteiger charge is -2.12. The Morgan fingerprint density at radius 2 is 2.16 bits per heavy atom. The van der Waals surface area contributed by atoms with Gasteiger partial charge in [-0.15, -0.1) is 6.58 Å². The minimum Gasteiger partial charge on any atom is -0.493 e. The molecule has 0 radical (unpaired) electrons. The summed E-state index contributed by atoms with van der Waals surface area (Å²) in [5, 5.41) is 3.44. The van der Waals surface area contributed by atoms with Gasteiger partial charge in [-0.25, -0.2) is 0 Å². The second kappa shape index (κ2) is 8.39. The zero-order valence-corrected chi connectivity index (χ0v) is 13.7. The van der Waals surface area contributed by atoms with Gasteiger partial charge < -0.3 is 10.1 Å². The topological polar surface area (TPSA) is 21.3 Å². The van der Waals surface area contributed by atoms with Crippen LogP contribution in [0.25, 0.3) is 0 Å². The largest absolute Gasteiger partial charge is 0.493 e. The second-order valence-corrected chi connectivity index (χ2v) is 6.19. The molecule has 1 N–H and O–H groups in total. The minimum atomic E-state index is 0.661. The molecule has 0 fully saturated rings. The molecule has 0 saturated carbocycles. The molecule has 1 rings (SSSR count). The van der Waals surface area contributed by atoms with Gasteiger partial charge in [0.15, 0.2) is 0 Å². The van der Waals surface area contributed by atoms with E-state index >= 15 is 0 Å². The van der Waals surface area contributed by atoms with E-state index in [4.69, 9.17) is 4.74 Å². The number of hydrogen-bond acceptors (Lipinski definition) is 2. The summed E-state index contributed by atoms with van der Waals surface area (Å²) in [7, 11) is 0. The summed E-state index contributed by atoms with van der Waals surface area (Å²) in [6.07, 6.45) is 0.900. The summed E-state index contributed by atoms with van der Waals surface area (Å²) >= 11 is 3.58. The Hall–Kier alpha value is -0.800. The summed E-state index contributed by atoms with van der Waals surface area (Å²) in [4.78, 5) is 0. The van der Waals surface area contributed by atoms with Crippen molar-refractivity contribution in [3.8, 4) is 5.75 Å². The molecule has 1 aromatic rings. The fraction of sp³-hybridized carbons (Fsp3) is 0.500. The van der Waals surface area contributed by atoms with E-state index in [1.807, 2.05) is 19.1 Å². The van der Waals surface area contributed by atoms with Gasteiger partial charge in [-0.1, -0.05) is 35.4 Å². The highest BCUT2D eigenvalue weighted by atomic mass is 79.9. The van der Waals surface area contributed by atoms with Crippen molar-refractivity contribution in [1.82, 2.24) is 5.32 Å². The van der Waals surface area contributed by atoms with E-state index in [1.165, 1.54) is 5.56 Å². The van der Waals surface area contributed by atoms with Gasteiger partial charge in [0.1, 0.15) is 5.75 Å². The van der Waals surface area contributed by atoms with E-state index < -0.39 is 0 Å². The summed E-state index contributed by atoms with van der Waals surface area (Å²) in [6.45, 7) is 12.9. The smallest absolute Gasteiger partial charge is 0.119 e. The molecule has 0 saturated heterocycles. The third-order valence-electron chi connectivity index (χ3n) is 2.68. The molecule has 0 atom stereocenters. The highest BCUT2D eigenvalue weighted by molar-refractivity contribution is 9.10. The zero-order chi connectivity index (χ0) is 14.3. The normalized spacial score (nSPS) is 10.8. The maximum Gasteiger partial charge on any atom is 0.119 e. The molecule has 0 aliphatic carbocycles. The van der Waals surface area contributed by atoms with Crippen molar-refractivity contribution in [2.24, 2.45) is 5.92 Å². The average Bonchev–Trinajstić information content (AvgIpc) is 2.32. The van der Waals surface area contributed by atoms with Crippen LogP contribution in [-0.4, -0.2) is 13.2 Å². The lowest BCUT2D eigenvalue weighted by Crippen LogP contribution is -2.19. The van der Waals surface area contributed by atoms with E-state index in [-0.39, 0.29) is 0 Å². The Kier molecular flexibility index (Phi) is 7.17. The fourth-order valence-corrected chi connectivity index (χ4v) is 2.00. The van der Waals surface area contributed by atoms with E-state index in [2.05, 4.69) is 47.7 Å². The molecular weight excluding hydrogens is 302 g/mol. The number of hydrogen-bond donors (Lipinski definition) is 1. The van der Waals surface area contributed by atoms with Crippen molar-refractivity contribution >= 4 is 15.9 Å². The number of benzene rings is 1. The van der Waals surface area contributed by atoms with Crippen LogP contribution in [0.4, 0.5) is 0 Å². The molecule has 0 aliphatic rings. The van der Waals surface area contributed by atoms with Gasteiger partial charge in [0.05, 0.1) is 6.61 Å². The molecule has 0 heterocycles. The van der Waals surface area contributed by atoms with Crippen LogP contribution in [0.5, 0.6) is 5.75 Å². The van der Waals surface area contributed by atoms with Gasteiger partial charge in [-0.05, 0) is 43.1 Å². The standard InChI is InChI=1S/C16H24BrNO/c1-12(2)7-8-19-15-5-6-16(17)14(9-15)11-18-10-13(3)4/h5-6,9,13,18H,1,7-8,10-11H2,2-4H3. The number of ether oxygens (including phenoxy) is 1. The lowest BCUT2D eigenvalue weighted by molar-refractivity contribution is 0.321. The summed E-state index contributed by atoms with van der Waals surface area (Å²) in [6, 6.07) is 6.13. The van der Waals surface area contributed by atoms with Crippen molar-refractivity contribution in [3.63, 3.8) is 0 Å². The number of rotatable bonds is 8. The van der Waals surface area contributed by atoms with E-state index in [9.17, 15) is 0 Å². The van der Waals surface area contributed by atoms with Gasteiger partial charge >= 0.3 is 0 Å². The molecule has 0 spiro atoms. The Labute approximate surface area is 125 Å². The highest BCUT2D eigenvalue weighted by Crippen LogP contribution is 2.23. The summed E-state index contributed by atoms with van der Waals surface area (Å²) in [5.74, 6) is 1.58. The van der Waals surface area contributed by atoms with Crippen molar-refractivity contribution in [2.45, 2.75) is 33.7 Å². The van der Waals surface area contributed by atoms with E-state index in [1.54, 1.807) is 0 Å². The molecule has 0 aliphatic heterocycles. The van der Waals surface area contributed by atoms with Gasteiger partial charge in [0, 0.05) is 17.4 Å². The minimum absolute atomic E-state index is 0.661. The molecule has 2 nitrogen and oxygen atoms in total. The molecular formula is C16H24BrNO. The molecule has 0 unspecified atom stereocenters. The molecule has 19 heavy (non-hydrogen) atoms. The van der Waals surface area contributed by atoms with Crippen molar-refractivity contribution in [1.29, 1.82) is 0 Å². The molecule has 3 heteroatoms. The van der Waals surface area contributed by atoms with Gasteiger partial charge in [-0.3, -0.25) is 0 Å². The SMILES string of the molecule is C=C(C)CCOc1ccc(Br)c(CNCC(C)C)c1. The maximum atomic E-state index is 5.73. The lowest BCUT2D eigenvalue weighted by atomic mass is 10.2. The van der Waals surface area contributed by atoms with Crippen LogP contribution in [0.2, 0.25) is 0 Å². The third-order valence-corrected chi connectivity index (χ3v) is 3.46. The monoisotopic (exact) mass is 325 g/mol. The first kappa shape index (κ1) is 16.3. The predicted molar refractivity (Wildman–Crippen MR) is 85.6 cm³/mol. The summed E-state index contributed by atoms with van der Waals surface area (Å²) in [5.41, 5.74) is 2.38. The Morgan fingerprint density at radius 1 is 1.42 bits per heavy atom. The molecule has 0 aromatic heterocycles. The Balaban J connectivity index is 2.53. The average molecular weight is 326 g/mol. The zero-order valence-electron chi connectivity index (χ0n) is 12.1. The summed E-state index contributed by atoms with van der Waals surface area (Å²) < 4.78 is 6.85. The van der Waals surface area contributed by atoms with Crippen LogP contribution in [-0.2, 0) is 6.54 Å². The van der Waals surface area contributed by atoms with Crippen molar-refractivity contribution < 1.29 is 4.74 Å². The van der Waals surface area contributed by atoms with Crippen molar-refractivity contribution in [2.75, 3.05) is 13.2 Å². The Morgan fingerprint density at radius 3 is 2.79 bits per heavy atom. The van der Waals surface area contributed by atoms with Gasteiger partial charge in [0.25, 0.3) is 0 Å². The molecule has 106 valence electrons. The van der Waals surface area contributed by atoms with Crippen LogP contribution in [0.15, 0.2) is 34.8 Å². The number of halogens is 1. The molecule has 1 aromatic carbocycles. The maximum absolute atomic E-state index is 5.73. The van der Waals surface area contributed by atoms with Crippen LogP contribution >= 0.6 is 15.9 Å². The Bertz CT molecular complexity index is 415. The van der Waals surface area contributed by atoms with E-state index in [0.29, 0.717) is 12.5 Å². The van der Waals surface area contributed by atoms with Crippen LogP contribution < -0.4 is 10.1 Å². The first-order chi connectivity index (χ1) is 8.99. The quantitative estimate of drug-likeness (QED) is 0.708.